The molecular weight excluding hydrogens is 923 g/mol. The predicted molar refractivity (Wildman–Crippen MR) is 238 cm³/mol. The van der Waals surface area contributed by atoms with E-state index in [0.717, 1.165) is 48.5 Å². The summed E-state index contributed by atoms with van der Waals surface area (Å²) in [4.78, 5) is 107. The minimum Gasteiger partial charge on any atom is -0.463 e. The molecule has 376 valence electrons. The largest absolute Gasteiger partial charge is 0.463 e. The highest BCUT2D eigenvalue weighted by atomic mass is 16.8. The van der Waals surface area contributed by atoms with Gasteiger partial charge in [-0.25, -0.2) is 4.79 Å². The third kappa shape index (κ3) is 16.0. The first-order valence-electron chi connectivity index (χ1n) is 22.0. The Bertz CT molecular complexity index is 2270. The van der Waals surface area contributed by atoms with Gasteiger partial charge in [-0.15, -0.1) is 0 Å². The van der Waals surface area contributed by atoms with E-state index in [0.29, 0.717) is 22.4 Å². The van der Waals surface area contributed by atoms with Gasteiger partial charge in [0, 0.05) is 59.6 Å². The van der Waals surface area contributed by atoms with E-state index in [1.165, 1.54) is 0 Å². The average Bonchev–Trinajstić information content (AvgIpc) is 3.30. The van der Waals surface area contributed by atoms with Gasteiger partial charge in [-0.05, 0) is 5.56 Å². The van der Waals surface area contributed by atoms with Crippen molar-refractivity contribution in [2.24, 2.45) is 4.99 Å². The van der Waals surface area contributed by atoms with Crippen LogP contribution in [0.5, 0.6) is 0 Å². The fourth-order valence-corrected chi connectivity index (χ4v) is 7.44. The monoisotopic (exact) mass is 977 g/mol. The summed E-state index contributed by atoms with van der Waals surface area (Å²) in [6.45, 7) is 5.31. The van der Waals surface area contributed by atoms with Gasteiger partial charge in [0.2, 0.25) is 0 Å². The Labute approximate surface area is 402 Å². The van der Waals surface area contributed by atoms with Gasteiger partial charge in [-0.3, -0.25) is 38.6 Å². The number of carbonyl (C=O) groups excluding carboxylic acids is 8. The van der Waals surface area contributed by atoms with E-state index in [1.54, 1.807) is 78.9 Å². The van der Waals surface area contributed by atoms with Crippen LogP contribution in [-0.4, -0.2) is 141 Å². The van der Waals surface area contributed by atoms with Crippen molar-refractivity contribution in [3.63, 3.8) is 0 Å². The van der Waals surface area contributed by atoms with Crippen LogP contribution in [0, 0.1) is 0 Å². The molecule has 5 rings (SSSR count). The number of benzene rings is 3. The zero-order chi connectivity index (χ0) is 50.9. The zero-order valence-electron chi connectivity index (χ0n) is 39.5. The van der Waals surface area contributed by atoms with Crippen LogP contribution in [-0.2, 0) is 102 Å². The Balaban J connectivity index is 1.59. The molecule has 3 aromatic carbocycles. The Morgan fingerprint density at radius 3 is 1.34 bits per heavy atom. The van der Waals surface area contributed by atoms with E-state index in [2.05, 4.69) is 0 Å². The van der Waals surface area contributed by atoms with E-state index in [1.807, 2.05) is 12.1 Å². The van der Waals surface area contributed by atoms with Gasteiger partial charge in [0.05, 0.1) is 12.3 Å². The molecule has 2 aliphatic heterocycles. The topological polar surface area (TPSA) is 260 Å². The highest BCUT2D eigenvalue weighted by Gasteiger charge is 2.58. The van der Waals surface area contributed by atoms with Crippen molar-refractivity contribution >= 4 is 53.5 Å². The minimum absolute atomic E-state index is 0.134. The van der Waals surface area contributed by atoms with Gasteiger partial charge in [0.15, 0.2) is 49.1 Å². The fraction of sp³-hybridized carbons (Fsp3) is 0.449. The Hall–Kier alpha value is -7.07. The third-order valence-electron chi connectivity index (χ3n) is 10.2. The lowest BCUT2D eigenvalue weighted by atomic mass is 9.96. The number of rotatable bonds is 20. The molecule has 0 aromatic heterocycles. The maximum Gasteiger partial charge on any atom is 0.333 e. The van der Waals surface area contributed by atoms with Crippen LogP contribution in [0.2, 0.25) is 0 Å². The minimum atomic E-state index is -1.89. The molecule has 3 aromatic rings. The summed E-state index contributed by atoms with van der Waals surface area (Å²) in [5, 5.41) is 0. The third-order valence-corrected chi connectivity index (χ3v) is 10.2. The van der Waals surface area contributed by atoms with Crippen molar-refractivity contribution < 1.29 is 95.2 Å². The molecule has 2 fully saturated rings. The van der Waals surface area contributed by atoms with Crippen molar-refractivity contribution in [1.82, 2.24) is 0 Å². The lowest BCUT2D eigenvalue weighted by Crippen LogP contribution is -2.67. The zero-order valence-corrected chi connectivity index (χ0v) is 39.5. The molecule has 0 radical (unpaired) electrons. The van der Waals surface area contributed by atoms with E-state index >= 15 is 0 Å². The number of hydrogen-bond donors (Lipinski definition) is 0. The molecule has 0 amide bonds. The second-order valence-corrected chi connectivity index (χ2v) is 15.8. The first kappa shape index (κ1) is 53.9. The Morgan fingerprint density at radius 1 is 0.471 bits per heavy atom. The number of aliphatic imine (C=N–C) groups is 1. The molecular formula is C49H55NO20. The van der Waals surface area contributed by atoms with Gasteiger partial charge in [-0.1, -0.05) is 91.0 Å². The Kier molecular flexibility index (Phi) is 20.1. The van der Waals surface area contributed by atoms with Gasteiger partial charge >= 0.3 is 47.8 Å². The molecule has 2 saturated heterocycles. The molecule has 2 heterocycles. The number of esters is 8. The van der Waals surface area contributed by atoms with Crippen molar-refractivity contribution in [1.29, 1.82) is 0 Å². The van der Waals surface area contributed by atoms with Crippen molar-refractivity contribution in [3.8, 4) is 0 Å². The quantitative estimate of drug-likeness (QED) is 0.0894. The molecule has 0 N–H and O–H groups in total. The molecule has 11 atom stereocenters. The fourth-order valence-electron chi connectivity index (χ4n) is 7.44. The van der Waals surface area contributed by atoms with Crippen LogP contribution in [0.25, 0.3) is 0 Å². The molecule has 0 bridgehead atoms. The highest BCUT2D eigenvalue weighted by molar-refractivity contribution is 6.13. The number of carbonyl (C=O) groups is 8. The SMILES string of the molecule is CC(=O)OC[C@H]1O[C@@H](O[C@H]2[C@H](OC(C)=O)[C@@H](OC(C)=O)[C@H](OC[C@H](N=C(c3ccccc3)c3ccccc3)C(=O)OCc3ccccc3)O[C@@H]2COC(C)=O)[C@H](OC(C)=O)[C@@H](OC(C)=O)[C@H]1OC(C)=O. The normalized spacial score (nSPS) is 24.3. The van der Waals surface area contributed by atoms with Crippen LogP contribution < -0.4 is 0 Å². The van der Waals surface area contributed by atoms with Crippen LogP contribution >= 0.6 is 0 Å². The molecule has 70 heavy (non-hydrogen) atoms. The van der Waals surface area contributed by atoms with E-state index in [-0.39, 0.29) is 6.61 Å². The van der Waals surface area contributed by atoms with E-state index in [9.17, 15) is 38.4 Å². The number of nitrogens with zero attached hydrogens (tertiary/aromatic N) is 1. The summed E-state index contributed by atoms with van der Waals surface area (Å²) in [6, 6.07) is 25.5. The lowest BCUT2D eigenvalue weighted by Gasteiger charge is -2.48. The van der Waals surface area contributed by atoms with Crippen LogP contribution in [0.15, 0.2) is 96.0 Å². The molecule has 21 nitrogen and oxygen atoms in total. The van der Waals surface area contributed by atoms with Gasteiger partial charge < -0.3 is 56.8 Å². The second kappa shape index (κ2) is 26.1. The summed E-state index contributed by atoms with van der Waals surface area (Å²) >= 11 is 0. The molecule has 0 spiro atoms. The van der Waals surface area contributed by atoms with Crippen molar-refractivity contribution in [2.45, 2.75) is 123 Å². The van der Waals surface area contributed by atoms with Gasteiger partial charge in [0.1, 0.15) is 38.1 Å². The van der Waals surface area contributed by atoms with E-state index < -0.39 is 135 Å². The second-order valence-electron chi connectivity index (χ2n) is 15.8. The number of hydrogen-bond acceptors (Lipinski definition) is 21. The smallest absolute Gasteiger partial charge is 0.333 e. The predicted octanol–water partition coefficient (Wildman–Crippen LogP) is 3.27. The standard InChI is InChI=1S/C49H55NO20/c1-27(51)59-25-38-41(63-29(3)53)43(64-30(4)54)46(67-33(7)57)49(69-38)70-42-39(26-60-28(2)52)68-48(45(66-32(6)56)44(42)65-31(5)55)62-24-37(47(58)61-23-34-17-11-8-12-18-34)50-40(35-19-13-9-14-20-35)36-21-15-10-16-22-36/h8-22,37-39,41-46,48-49H,23-26H2,1-7H3/t37-,38+,39+,41-,42+,43-,44-,45+,46+,48+,49-/m0/s1. The molecule has 21 heteroatoms. The molecule has 2 aliphatic rings. The van der Waals surface area contributed by atoms with Crippen LogP contribution in [0.3, 0.4) is 0 Å². The molecule has 0 unspecified atom stereocenters. The Morgan fingerprint density at radius 2 is 0.871 bits per heavy atom. The summed E-state index contributed by atoms with van der Waals surface area (Å²) in [6.07, 6.45) is -16.9. The van der Waals surface area contributed by atoms with E-state index in [4.69, 9.17) is 61.8 Å². The van der Waals surface area contributed by atoms with Crippen molar-refractivity contribution in [3.05, 3.63) is 108 Å². The summed E-state index contributed by atoms with van der Waals surface area (Å²) in [7, 11) is 0. The van der Waals surface area contributed by atoms with Gasteiger partial charge in [-0.2, -0.15) is 0 Å². The van der Waals surface area contributed by atoms with Crippen LogP contribution in [0.4, 0.5) is 0 Å². The van der Waals surface area contributed by atoms with Crippen LogP contribution in [0.1, 0.15) is 65.2 Å². The van der Waals surface area contributed by atoms with Gasteiger partial charge in [0.25, 0.3) is 0 Å². The lowest BCUT2D eigenvalue weighted by molar-refractivity contribution is -0.361. The average molecular weight is 978 g/mol. The first-order chi connectivity index (χ1) is 33.4. The molecule has 0 aliphatic carbocycles. The van der Waals surface area contributed by atoms with Crippen molar-refractivity contribution in [2.75, 3.05) is 19.8 Å². The highest BCUT2D eigenvalue weighted by Crippen LogP contribution is 2.36. The summed E-state index contributed by atoms with van der Waals surface area (Å²) in [5.41, 5.74) is 2.34. The maximum absolute atomic E-state index is 14.1. The molecule has 0 saturated carbocycles. The first-order valence-corrected chi connectivity index (χ1v) is 22.0. The maximum atomic E-state index is 14.1. The number of ether oxygens (including phenoxy) is 12. The summed E-state index contributed by atoms with van der Waals surface area (Å²) in [5.74, 6) is -7.08. The summed E-state index contributed by atoms with van der Waals surface area (Å²) < 4.78 is 69.7.